The van der Waals surface area contributed by atoms with Crippen molar-refractivity contribution in [3.8, 4) is 0 Å². The summed E-state index contributed by atoms with van der Waals surface area (Å²) < 4.78 is 13.8. The lowest BCUT2D eigenvalue weighted by Gasteiger charge is -2.31. The fourth-order valence-corrected chi connectivity index (χ4v) is 2.76. The van der Waals surface area contributed by atoms with Gasteiger partial charge in [-0.3, -0.25) is 0 Å². The van der Waals surface area contributed by atoms with Crippen molar-refractivity contribution in [1.29, 1.82) is 0 Å². The first kappa shape index (κ1) is 12.8. The van der Waals surface area contributed by atoms with Gasteiger partial charge in [-0.25, -0.2) is 4.39 Å². The van der Waals surface area contributed by atoms with E-state index < -0.39 is 0 Å². The van der Waals surface area contributed by atoms with Gasteiger partial charge in [0.2, 0.25) is 0 Å². The van der Waals surface area contributed by atoms with Gasteiger partial charge in [-0.1, -0.05) is 11.6 Å². The SMILES string of the molecule is CNC(c1cc(Cl)ccc1F)C1CCNCC1. The molecule has 0 spiro atoms. The third kappa shape index (κ3) is 2.97. The van der Waals surface area contributed by atoms with E-state index in [0.717, 1.165) is 25.9 Å². The summed E-state index contributed by atoms with van der Waals surface area (Å²) in [5.41, 5.74) is 0.687. The van der Waals surface area contributed by atoms with Crippen LogP contribution in [0.3, 0.4) is 0 Å². The van der Waals surface area contributed by atoms with Crippen LogP contribution in [0.4, 0.5) is 4.39 Å². The monoisotopic (exact) mass is 256 g/mol. The first-order chi connectivity index (χ1) is 8.22. The number of halogens is 2. The van der Waals surface area contributed by atoms with Gasteiger partial charge in [0.15, 0.2) is 0 Å². The van der Waals surface area contributed by atoms with Crippen LogP contribution < -0.4 is 10.6 Å². The predicted octanol–water partition coefficient (Wildman–Crippen LogP) is 2.74. The van der Waals surface area contributed by atoms with Crippen LogP contribution in [0.15, 0.2) is 18.2 Å². The highest BCUT2D eigenvalue weighted by Crippen LogP contribution is 2.31. The Hall–Kier alpha value is -0.640. The lowest BCUT2D eigenvalue weighted by molar-refractivity contribution is 0.289. The van der Waals surface area contributed by atoms with Crippen molar-refractivity contribution >= 4 is 11.6 Å². The summed E-state index contributed by atoms with van der Waals surface area (Å²) in [5, 5.41) is 7.15. The van der Waals surface area contributed by atoms with Gasteiger partial charge in [0.25, 0.3) is 0 Å². The minimum absolute atomic E-state index is 0.0517. The molecule has 0 amide bonds. The Labute approximate surface area is 107 Å². The maximum absolute atomic E-state index is 13.8. The molecule has 2 N–H and O–H groups in total. The van der Waals surface area contributed by atoms with Gasteiger partial charge in [-0.2, -0.15) is 0 Å². The standard InChI is InChI=1S/C13H18ClFN2/c1-16-13(9-4-6-17-7-5-9)11-8-10(14)2-3-12(11)15/h2-3,8-9,13,16-17H,4-7H2,1H3. The van der Waals surface area contributed by atoms with Crippen LogP contribution in [0.25, 0.3) is 0 Å². The summed E-state index contributed by atoms with van der Waals surface area (Å²) in [7, 11) is 1.88. The van der Waals surface area contributed by atoms with Crippen molar-refractivity contribution in [1.82, 2.24) is 10.6 Å². The van der Waals surface area contributed by atoms with Gasteiger partial charge in [-0.15, -0.1) is 0 Å². The second kappa shape index (κ2) is 5.80. The molecule has 0 bridgehead atoms. The smallest absolute Gasteiger partial charge is 0.128 e. The summed E-state index contributed by atoms with van der Waals surface area (Å²) in [6, 6.07) is 4.83. The molecule has 2 rings (SSSR count). The summed E-state index contributed by atoms with van der Waals surface area (Å²) in [4.78, 5) is 0. The van der Waals surface area contributed by atoms with Gasteiger partial charge >= 0.3 is 0 Å². The zero-order valence-corrected chi connectivity index (χ0v) is 10.7. The van der Waals surface area contributed by atoms with Crippen LogP contribution in [0.1, 0.15) is 24.4 Å². The van der Waals surface area contributed by atoms with Crippen molar-refractivity contribution < 1.29 is 4.39 Å². The molecule has 1 aromatic rings. The highest BCUT2D eigenvalue weighted by atomic mass is 35.5. The molecule has 94 valence electrons. The fourth-order valence-electron chi connectivity index (χ4n) is 2.58. The first-order valence-electron chi connectivity index (χ1n) is 6.05. The van der Waals surface area contributed by atoms with Crippen LogP contribution in [0.5, 0.6) is 0 Å². The van der Waals surface area contributed by atoms with E-state index in [2.05, 4.69) is 10.6 Å². The largest absolute Gasteiger partial charge is 0.317 e. The van der Waals surface area contributed by atoms with Gasteiger partial charge in [0.1, 0.15) is 5.82 Å². The number of benzene rings is 1. The van der Waals surface area contributed by atoms with E-state index in [0.29, 0.717) is 16.5 Å². The van der Waals surface area contributed by atoms with Gasteiger partial charge in [0.05, 0.1) is 0 Å². The number of rotatable bonds is 3. The summed E-state index contributed by atoms with van der Waals surface area (Å²) >= 11 is 5.95. The van der Waals surface area contributed by atoms with E-state index in [-0.39, 0.29) is 11.9 Å². The Morgan fingerprint density at radius 3 is 2.76 bits per heavy atom. The molecule has 1 unspecified atom stereocenters. The van der Waals surface area contributed by atoms with E-state index in [9.17, 15) is 4.39 Å². The maximum Gasteiger partial charge on any atom is 0.128 e. The molecule has 1 saturated heterocycles. The lowest BCUT2D eigenvalue weighted by Crippen LogP contribution is -2.35. The number of nitrogens with one attached hydrogen (secondary N) is 2. The fraction of sp³-hybridized carbons (Fsp3) is 0.538. The van der Waals surface area contributed by atoms with Crippen molar-refractivity contribution in [2.75, 3.05) is 20.1 Å². The van der Waals surface area contributed by atoms with Crippen molar-refractivity contribution in [3.05, 3.63) is 34.6 Å². The quantitative estimate of drug-likeness (QED) is 0.869. The van der Waals surface area contributed by atoms with Crippen molar-refractivity contribution in [2.45, 2.75) is 18.9 Å². The highest BCUT2D eigenvalue weighted by molar-refractivity contribution is 6.30. The van der Waals surface area contributed by atoms with Crippen LogP contribution in [-0.2, 0) is 0 Å². The summed E-state index contributed by atoms with van der Waals surface area (Å²) in [5.74, 6) is 0.293. The molecule has 0 saturated carbocycles. The van der Waals surface area contributed by atoms with E-state index in [4.69, 9.17) is 11.6 Å². The molecule has 0 aliphatic carbocycles. The van der Waals surface area contributed by atoms with Crippen LogP contribution >= 0.6 is 11.6 Å². The molecule has 17 heavy (non-hydrogen) atoms. The first-order valence-corrected chi connectivity index (χ1v) is 6.43. The number of hydrogen-bond acceptors (Lipinski definition) is 2. The molecule has 1 heterocycles. The van der Waals surface area contributed by atoms with E-state index in [1.807, 2.05) is 7.05 Å². The second-order valence-electron chi connectivity index (χ2n) is 4.52. The summed E-state index contributed by atoms with van der Waals surface area (Å²) in [6.45, 7) is 2.01. The number of hydrogen-bond donors (Lipinski definition) is 2. The predicted molar refractivity (Wildman–Crippen MR) is 68.8 cm³/mol. The molecule has 1 fully saturated rings. The van der Waals surface area contributed by atoms with Crippen LogP contribution in [0, 0.1) is 11.7 Å². The second-order valence-corrected chi connectivity index (χ2v) is 4.96. The molecule has 0 radical (unpaired) electrons. The Balaban J connectivity index is 2.24. The van der Waals surface area contributed by atoms with Gasteiger partial charge in [0, 0.05) is 16.6 Å². The third-order valence-electron chi connectivity index (χ3n) is 3.46. The third-order valence-corrected chi connectivity index (χ3v) is 3.69. The lowest BCUT2D eigenvalue weighted by atomic mass is 9.86. The van der Waals surface area contributed by atoms with Crippen LogP contribution in [0.2, 0.25) is 5.02 Å². The Kier molecular flexibility index (Phi) is 4.37. The van der Waals surface area contributed by atoms with E-state index >= 15 is 0 Å². The normalized spacial score (nSPS) is 19.2. The van der Waals surface area contributed by atoms with E-state index in [1.54, 1.807) is 12.1 Å². The number of piperidine rings is 1. The van der Waals surface area contributed by atoms with Crippen LogP contribution in [-0.4, -0.2) is 20.1 Å². The summed E-state index contributed by atoms with van der Waals surface area (Å²) in [6.07, 6.45) is 2.13. The van der Waals surface area contributed by atoms with Crippen molar-refractivity contribution in [2.24, 2.45) is 5.92 Å². The van der Waals surface area contributed by atoms with Crippen molar-refractivity contribution in [3.63, 3.8) is 0 Å². The minimum Gasteiger partial charge on any atom is -0.317 e. The zero-order chi connectivity index (χ0) is 12.3. The average Bonchev–Trinajstić information content (AvgIpc) is 2.36. The average molecular weight is 257 g/mol. The maximum atomic E-state index is 13.8. The molecule has 1 aliphatic rings. The Morgan fingerprint density at radius 1 is 1.41 bits per heavy atom. The van der Waals surface area contributed by atoms with E-state index in [1.165, 1.54) is 6.07 Å². The highest BCUT2D eigenvalue weighted by Gasteiger charge is 2.25. The minimum atomic E-state index is -0.174. The zero-order valence-electron chi connectivity index (χ0n) is 9.97. The molecular weight excluding hydrogens is 239 g/mol. The Bertz CT molecular complexity index is 378. The molecule has 4 heteroatoms. The van der Waals surface area contributed by atoms with Gasteiger partial charge in [-0.05, 0) is 57.1 Å². The molecule has 1 atom stereocenters. The van der Waals surface area contributed by atoms with Gasteiger partial charge < -0.3 is 10.6 Å². The molecule has 0 aromatic heterocycles. The molecule has 2 nitrogen and oxygen atoms in total. The molecule has 1 aliphatic heterocycles. The Morgan fingerprint density at radius 2 is 2.12 bits per heavy atom. The topological polar surface area (TPSA) is 24.1 Å². The molecular formula is C13H18ClFN2. The molecule has 1 aromatic carbocycles.